The molecular formula is C21H33N3O8. The van der Waals surface area contributed by atoms with Gasteiger partial charge in [-0.2, -0.15) is 0 Å². The Labute approximate surface area is 187 Å². The second-order valence-corrected chi connectivity index (χ2v) is 7.17. The zero-order valence-electron chi connectivity index (χ0n) is 18.5. The van der Waals surface area contributed by atoms with Gasteiger partial charge in [0.15, 0.2) is 5.78 Å². The van der Waals surface area contributed by atoms with E-state index in [0.29, 0.717) is 13.0 Å². The summed E-state index contributed by atoms with van der Waals surface area (Å²) in [4.78, 5) is 59.3. The van der Waals surface area contributed by atoms with Gasteiger partial charge < -0.3 is 25.3 Å². The van der Waals surface area contributed by atoms with E-state index < -0.39 is 23.7 Å². The zero-order valence-corrected chi connectivity index (χ0v) is 18.5. The van der Waals surface area contributed by atoms with E-state index in [-0.39, 0.29) is 64.0 Å². The zero-order chi connectivity index (χ0) is 23.8. The summed E-state index contributed by atoms with van der Waals surface area (Å²) in [5, 5.41) is 2.62. The molecule has 11 heteroatoms. The first-order chi connectivity index (χ1) is 15.4. The summed E-state index contributed by atoms with van der Waals surface area (Å²) in [5.41, 5.74) is 5.45. The molecule has 0 saturated heterocycles. The number of unbranched alkanes of at least 4 members (excludes halogenated alkanes) is 1. The van der Waals surface area contributed by atoms with E-state index in [1.165, 1.54) is 19.3 Å². The maximum absolute atomic E-state index is 12.0. The number of hydrogen-bond donors (Lipinski definition) is 2. The molecular weight excluding hydrogens is 422 g/mol. The lowest BCUT2D eigenvalue weighted by Crippen LogP contribution is -2.35. The molecule has 0 saturated carbocycles. The fourth-order valence-electron chi connectivity index (χ4n) is 2.96. The summed E-state index contributed by atoms with van der Waals surface area (Å²) < 4.78 is 15.3. The minimum atomic E-state index is -0.486. The Morgan fingerprint density at radius 1 is 1.06 bits per heavy atom. The number of hydrogen-bond acceptors (Lipinski definition) is 9. The largest absolute Gasteiger partial charge is 0.469 e. The second-order valence-electron chi connectivity index (χ2n) is 7.17. The molecule has 1 unspecified atom stereocenters. The number of esters is 1. The number of nitrogens with one attached hydrogen (secondary N) is 1. The molecule has 0 aromatic rings. The van der Waals surface area contributed by atoms with Crippen LogP contribution in [0.25, 0.3) is 0 Å². The van der Waals surface area contributed by atoms with Crippen LogP contribution in [0.5, 0.6) is 0 Å². The Balaban J connectivity index is 2.04. The number of amides is 3. The van der Waals surface area contributed by atoms with E-state index in [1.54, 1.807) is 0 Å². The SMILES string of the molecule is COC(=O)C(CCCCN)CC(=O)COCCOCCNC(=O)CCN1C(=O)C=CC1=O. The standard InChI is InChI=1S/C21H33N3O8/c1-30-21(29)16(4-2-3-8-22)14-17(25)15-32-13-12-31-11-9-23-18(26)7-10-24-19(27)5-6-20(24)28/h5-6,16H,2-4,7-15,22H2,1H3,(H,23,26). The van der Waals surface area contributed by atoms with Crippen molar-refractivity contribution in [2.45, 2.75) is 32.1 Å². The topological polar surface area (TPSA) is 154 Å². The lowest BCUT2D eigenvalue weighted by atomic mass is 9.96. The molecule has 3 amide bonds. The molecule has 0 fully saturated rings. The Morgan fingerprint density at radius 3 is 2.41 bits per heavy atom. The van der Waals surface area contributed by atoms with E-state index >= 15 is 0 Å². The van der Waals surface area contributed by atoms with Crippen molar-refractivity contribution < 1.29 is 38.2 Å². The van der Waals surface area contributed by atoms with Gasteiger partial charge in [0.05, 0.1) is 32.8 Å². The monoisotopic (exact) mass is 455 g/mol. The van der Waals surface area contributed by atoms with Crippen LogP contribution in [-0.4, -0.2) is 87.5 Å². The summed E-state index contributed by atoms with van der Waals surface area (Å²) in [6, 6.07) is 0. The van der Waals surface area contributed by atoms with Crippen LogP contribution in [0.1, 0.15) is 32.1 Å². The van der Waals surface area contributed by atoms with E-state index in [2.05, 4.69) is 5.32 Å². The van der Waals surface area contributed by atoms with Crippen molar-refractivity contribution in [2.24, 2.45) is 11.7 Å². The van der Waals surface area contributed by atoms with Crippen LogP contribution in [-0.2, 0) is 38.2 Å². The number of methoxy groups -OCH3 is 1. The number of Topliss-reactive ketones (excluding diaryl/α,β-unsaturated/α-hetero) is 1. The maximum Gasteiger partial charge on any atom is 0.309 e. The van der Waals surface area contributed by atoms with E-state index in [1.807, 2.05) is 0 Å². The van der Waals surface area contributed by atoms with Crippen molar-refractivity contribution in [3.05, 3.63) is 12.2 Å². The van der Waals surface area contributed by atoms with Crippen LogP contribution < -0.4 is 11.1 Å². The van der Waals surface area contributed by atoms with Crippen LogP contribution >= 0.6 is 0 Å². The molecule has 32 heavy (non-hydrogen) atoms. The fraction of sp³-hybridized carbons (Fsp3) is 0.667. The van der Waals surface area contributed by atoms with Crippen molar-refractivity contribution in [2.75, 3.05) is 53.2 Å². The Morgan fingerprint density at radius 2 is 1.75 bits per heavy atom. The number of imide groups is 1. The summed E-state index contributed by atoms with van der Waals surface area (Å²) in [6.45, 7) is 1.40. The average Bonchev–Trinajstić information content (AvgIpc) is 3.10. The van der Waals surface area contributed by atoms with Gasteiger partial charge in [0.2, 0.25) is 5.91 Å². The van der Waals surface area contributed by atoms with E-state index in [9.17, 15) is 24.0 Å². The highest BCUT2D eigenvalue weighted by Gasteiger charge is 2.23. The Hall–Kier alpha value is -2.63. The first kappa shape index (κ1) is 27.4. The van der Waals surface area contributed by atoms with Gasteiger partial charge in [-0.3, -0.25) is 28.9 Å². The van der Waals surface area contributed by atoms with E-state index in [4.69, 9.17) is 19.9 Å². The molecule has 180 valence electrons. The van der Waals surface area contributed by atoms with Crippen molar-refractivity contribution >= 4 is 29.5 Å². The highest BCUT2D eigenvalue weighted by Crippen LogP contribution is 2.15. The van der Waals surface area contributed by atoms with Crippen molar-refractivity contribution in [3.8, 4) is 0 Å². The molecule has 1 rings (SSSR count). The molecule has 1 heterocycles. The number of ether oxygens (including phenoxy) is 3. The van der Waals surface area contributed by atoms with Crippen LogP contribution in [0.15, 0.2) is 12.2 Å². The third-order valence-electron chi connectivity index (χ3n) is 4.68. The van der Waals surface area contributed by atoms with Crippen molar-refractivity contribution in [1.82, 2.24) is 10.2 Å². The highest BCUT2D eigenvalue weighted by molar-refractivity contribution is 6.13. The van der Waals surface area contributed by atoms with Gasteiger partial charge in [0, 0.05) is 38.1 Å². The van der Waals surface area contributed by atoms with E-state index in [0.717, 1.165) is 17.7 Å². The minimum absolute atomic E-state index is 0.0170. The van der Waals surface area contributed by atoms with Gasteiger partial charge in [0.1, 0.15) is 6.61 Å². The molecule has 0 bridgehead atoms. The number of nitrogens with two attached hydrogens (primary N) is 1. The predicted octanol–water partition coefficient (Wildman–Crippen LogP) is -0.672. The van der Waals surface area contributed by atoms with Gasteiger partial charge in [-0.1, -0.05) is 6.42 Å². The molecule has 0 spiro atoms. The molecule has 1 aliphatic heterocycles. The normalized spacial score (nSPS) is 14.0. The molecule has 3 N–H and O–H groups in total. The molecule has 0 aliphatic carbocycles. The molecule has 1 atom stereocenters. The lowest BCUT2D eigenvalue weighted by molar-refractivity contribution is -0.148. The number of nitrogens with zero attached hydrogens (tertiary/aromatic N) is 1. The first-order valence-corrected chi connectivity index (χ1v) is 10.6. The average molecular weight is 456 g/mol. The van der Waals surface area contributed by atoms with Gasteiger partial charge in [-0.05, 0) is 19.4 Å². The third-order valence-corrected chi connectivity index (χ3v) is 4.68. The third kappa shape index (κ3) is 11.1. The molecule has 11 nitrogen and oxygen atoms in total. The highest BCUT2D eigenvalue weighted by atomic mass is 16.5. The number of rotatable bonds is 18. The van der Waals surface area contributed by atoms with Gasteiger partial charge in [-0.15, -0.1) is 0 Å². The van der Waals surface area contributed by atoms with Crippen LogP contribution in [0.3, 0.4) is 0 Å². The molecule has 0 aromatic heterocycles. The van der Waals surface area contributed by atoms with Crippen molar-refractivity contribution in [3.63, 3.8) is 0 Å². The Bertz CT molecular complexity index is 662. The molecule has 1 aliphatic rings. The predicted molar refractivity (Wildman–Crippen MR) is 113 cm³/mol. The van der Waals surface area contributed by atoms with Crippen LogP contribution in [0.2, 0.25) is 0 Å². The van der Waals surface area contributed by atoms with Gasteiger partial charge in [-0.25, -0.2) is 0 Å². The second kappa shape index (κ2) is 16.1. The number of carbonyl (C=O) groups is 5. The molecule has 0 radical (unpaired) electrons. The number of ketones is 1. The summed E-state index contributed by atoms with van der Waals surface area (Å²) in [6.07, 6.45) is 4.50. The summed E-state index contributed by atoms with van der Waals surface area (Å²) >= 11 is 0. The Kier molecular flexibility index (Phi) is 13.8. The molecule has 0 aromatic carbocycles. The lowest BCUT2D eigenvalue weighted by Gasteiger charge is -2.14. The minimum Gasteiger partial charge on any atom is -0.469 e. The number of carbonyl (C=O) groups excluding carboxylic acids is 5. The first-order valence-electron chi connectivity index (χ1n) is 10.6. The quantitative estimate of drug-likeness (QED) is 0.155. The van der Waals surface area contributed by atoms with Gasteiger partial charge in [0.25, 0.3) is 11.8 Å². The van der Waals surface area contributed by atoms with Crippen molar-refractivity contribution in [1.29, 1.82) is 0 Å². The smallest absolute Gasteiger partial charge is 0.309 e. The summed E-state index contributed by atoms with van der Waals surface area (Å²) in [5.74, 6) is -2.22. The fourth-order valence-corrected chi connectivity index (χ4v) is 2.96. The van der Waals surface area contributed by atoms with Gasteiger partial charge >= 0.3 is 5.97 Å². The van der Waals surface area contributed by atoms with Crippen LogP contribution in [0, 0.1) is 5.92 Å². The maximum atomic E-state index is 12.0. The summed E-state index contributed by atoms with van der Waals surface area (Å²) in [7, 11) is 1.30. The van der Waals surface area contributed by atoms with Crippen LogP contribution in [0.4, 0.5) is 0 Å².